The number of carbonyl (C=O) groups is 3. The van der Waals surface area contributed by atoms with Crippen molar-refractivity contribution >= 4 is 34.2 Å². The first kappa shape index (κ1) is 18.4. The summed E-state index contributed by atoms with van der Waals surface area (Å²) in [5.41, 5.74) is 0.168. The van der Waals surface area contributed by atoms with E-state index in [4.69, 9.17) is 0 Å². The number of aromatic nitrogens is 1. The number of imide groups is 1. The van der Waals surface area contributed by atoms with E-state index in [1.807, 2.05) is 12.2 Å². The lowest BCUT2D eigenvalue weighted by atomic mass is 9.85. The number of carbonyl (C=O) groups excluding carboxylic acids is 3. The van der Waals surface area contributed by atoms with Gasteiger partial charge < -0.3 is 5.32 Å². The highest BCUT2D eigenvalue weighted by Crippen LogP contribution is 2.35. The van der Waals surface area contributed by atoms with Gasteiger partial charge in [0.15, 0.2) is 5.13 Å². The maximum absolute atomic E-state index is 13.9. The number of amides is 3. The first-order valence-corrected chi connectivity index (χ1v) is 9.53. The number of nitrogens with one attached hydrogen (secondary N) is 1. The highest BCUT2D eigenvalue weighted by molar-refractivity contribution is 7.14. The fourth-order valence-electron chi connectivity index (χ4n) is 3.48. The van der Waals surface area contributed by atoms with Crippen LogP contribution in [0.25, 0.3) is 11.3 Å². The smallest absolute Gasteiger partial charge is 0.246 e. The summed E-state index contributed by atoms with van der Waals surface area (Å²) in [5.74, 6) is -3.27. The van der Waals surface area contributed by atoms with Crippen LogP contribution in [0.4, 0.5) is 13.9 Å². The Morgan fingerprint density at radius 3 is 2.54 bits per heavy atom. The summed E-state index contributed by atoms with van der Waals surface area (Å²) in [6.07, 6.45) is 4.75. The molecule has 0 unspecified atom stereocenters. The molecule has 1 fully saturated rings. The van der Waals surface area contributed by atoms with E-state index in [-0.39, 0.29) is 28.2 Å². The van der Waals surface area contributed by atoms with Crippen LogP contribution in [0.5, 0.6) is 0 Å². The maximum Gasteiger partial charge on any atom is 0.246 e. The van der Waals surface area contributed by atoms with E-state index < -0.39 is 35.9 Å². The van der Waals surface area contributed by atoms with Crippen LogP contribution >= 0.6 is 11.3 Å². The van der Waals surface area contributed by atoms with Crippen LogP contribution in [0.3, 0.4) is 0 Å². The third-order valence-corrected chi connectivity index (χ3v) is 5.61. The van der Waals surface area contributed by atoms with E-state index in [0.29, 0.717) is 12.8 Å². The van der Waals surface area contributed by atoms with E-state index in [0.717, 1.165) is 34.4 Å². The van der Waals surface area contributed by atoms with E-state index in [9.17, 15) is 23.2 Å². The van der Waals surface area contributed by atoms with Gasteiger partial charge in [-0.05, 0) is 31.0 Å². The molecule has 0 spiro atoms. The Kier molecular flexibility index (Phi) is 4.76. The van der Waals surface area contributed by atoms with Gasteiger partial charge in [0.25, 0.3) is 0 Å². The molecule has 2 atom stereocenters. The van der Waals surface area contributed by atoms with Gasteiger partial charge in [0.1, 0.15) is 18.2 Å². The molecule has 28 heavy (non-hydrogen) atoms. The number of fused-ring (bicyclic) bond motifs is 1. The summed E-state index contributed by atoms with van der Waals surface area (Å²) >= 11 is 1.04. The number of allylic oxidation sites excluding steroid dienone is 2. The summed E-state index contributed by atoms with van der Waals surface area (Å²) in [4.78, 5) is 42.2. The summed E-state index contributed by atoms with van der Waals surface area (Å²) in [5, 5.41) is 4.16. The Bertz CT molecular complexity index is 978. The zero-order valence-electron chi connectivity index (χ0n) is 14.5. The van der Waals surface area contributed by atoms with Crippen molar-refractivity contribution in [3.05, 3.63) is 47.4 Å². The van der Waals surface area contributed by atoms with Crippen LogP contribution in [-0.2, 0) is 14.4 Å². The Morgan fingerprint density at radius 1 is 1.18 bits per heavy atom. The topological polar surface area (TPSA) is 79.4 Å². The van der Waals surface area contributed by atoms with Gasteiger partial charge >= 0.3 is 0 Å². The number of rotatable bonds is 4. The normalized spacial score (nSPS) is 21.1. The average molecular weight is 403 g/mol. The SMILES string of the molecule is O=C(CN1C(=O)[C@@H]2CC=CC[C@H]2C1=O)Nc1nc(-c2cc(F)ccc2F)cs1. The Labute approximate surface area is 162 Å². The van der Waals surface area contributed by atoms with E-state index in [1.54, 1.807) is 0 Å². The van der Waals surface area contributed by atoms with Crippen molar-refractivity contribution in [2.24, 2.45) is 11.8 Å². The van der Waals surface area contributed by atoms with Crippen molar-refractivity contribution < 1.29 is 23.2 Å². The minimum absolute atomic E-state index is 0.0155. The predicted octanol–water partition coefficient (Wildman–Crippen LogP) is 2.98. The van der Waals surface area contributed by atoms with Gasteiger partial charge in [0, 0.05) is 10.9 Å². The molecule has 1 aromatic carbocycles. The Hall–Kier alpha value is -2.94. The second-order valence-corrected chi connectivity index (χ2v) is 7.49. The van der Waals surface area contributed by atoms with E-state index >= 15 is 0 Å². The molecule has 0 saturated carbocycles. The molecule has 1 saturated heterocycles. The number of halogens is 2. The molecule has 1 aromatic heterocycles. The molecule has 1 aliphatic heterocycles. The van der Waals surface area contributed by atoms with Gasteiger partial charge in [-0.25, -0.2) is 13.8 Å². The van der Waals surface area contributed by atoms with Gasteiger partial charge in [0.05, 0.1) is 17.5 Å². The fourth-order valence-corrected chi connectivity index (χ4v) is 4.20. The molecule has 4 rings (SSSR count). The Morgan fingerprint density at radius 2 is 1.86 bits per heavy atom. The molecule has 3 amide bonds. The second kappa shape index (κ2) is 7.23. The summed E-state index contributed by atoms with van der Waals surface area (Å²) < 4.78 is 27.2. The summed E-state index contributed by atoms with van der Waals surface area (Å²) in [6, 6.07) is 3.03. The Balaban J connectivity index is 1.44. The summed E-state index contributed by atoms with van der Waals surface area (Å²) in [7, 11) is 0. The third kappa shape index (κ3) is 3.33. The maximum atomic E-state index is 13.9. The number of likely N-dealkylation sites (tertiary alicyclic amines) is 1. The zero-order valence-corrected chi connectivity index (χ0v) is 15.3. The standard InChI is InChI=1S/C19H15F2N3O3S/c20-10-5-6-14(21)13(7-10)15-9-28-19(22-15)23-16(25)8-24-17(26)11-3-1-2-4-12(11)18(24)27/h1-2,5-7,9,11-12H,3-4,8H2,(H,22,23,25)/t11-,12-/m1/s1. The molecule has 0 radical (unpaired) electrons. The van der Waals surface area contributed by atoms with Gasteiger partial charge in [-0.3, -0.25) is 19.3 Å². The van der Waals surface area contributed by atoms with Crippen LogP contribution in [0.15, 0.2) is 35.7 Å². The molecule has 0 bridgehead atoms. The van der Waals surface area contributed by atoms with Gasteiger partial charge in [-0.2, -0.15) is 0 Å². The van der Waals surface area contributed by atoms with Crippen molar-refractivity contribution in [1.82, 2.24) is 9.88 Å². The molecular weight excluding hydrogens is 388 g/mol. The molecule has 2 aromatic rings. The van der Waals surface area contributed by atoms with E-state index in [1.165, 1.54) is 5.38 Å². The number of hydrogen-bond donors (Lipinski definition) is 1. The highest BCUT2D eigenvalue weighted by atomic mass is 32.1. The van der Waals surface area contributed by atoms with Gasteiger partial charge in [0.2, 0.25) is 17.7 Å². The van der Waals surface area contributed by atoms with Gasteiger partial charge in [-0.15, -0.1) is 11.3 Å². The lowest BCUT2D eigenvalue weighted by molar-refractivity contribution is -0.142. The van der Waals surface area contributed by atoms with Crippen LogP contribution in [-0.4, -0.2) is 34.2 Å². The third-order valence-electron chi connectivity index (χ3n) is 4.86. The molecule has 6 nitrogen and oxygen atoms in total. The first-order valence-electron chi connectivity index (χ1n) is 8.65. The van der Waals surface area contributed by atoms with Crippen LogP contribution in [0, 0.1) is 23.5 Å². The first-order chi connectivity index (χ1) is 13.4. The lowest BCUT2D eigenvalue weighted by Crippen LogP contribution is -2.38. The number of anilines is 1. The zero-order chi connectivity index (χ0) is 19.8. The van der Waals surface area contributed by atoms with Crippen molar-refractivity contribution in [2.75, 3.05) is 11.9 Å². The van der Waals surface area contributed by atoms with Crippen molar-refractivity contribution in [3.63, 3.8) is 0 Å². The number of hydrogen-bond acceptors (Lipinski definition) is 5. The van der Waals surface area contributed by atoms with Crippen molar-refractivity contribution in [3.8, 4) is 11.3 Å². The number of thiazole rings is 1. The van der Waals surface area contributed by atoms with Crippen LogP contribution in [0.2, 0.25) is 0 Å². The molecule has 2 aliphatic rings. The van der Waals surface area contributed by atoms with Gasteiger partial charge in [-0.1, -0.05) is 12.2 Å². The number of benzene rings is 1. The quantitative estimate of drug-likeness (QED) is 0.629. The van der Waals surface area contributed by atoms with Crippen molar-refractivity contribution in [2.45, 2.75) is 12.8 Å². The molecular formula is C19H15F2N3O3S. The molecule has 9 heteroatoms. The lowest BCUT2D eigenvalue weighted by Gasteiger charge is -2.14. The minimum Gasteiger partial charge on any atom is -0.300 e. The minimum atomic E-state index is -0.631. The highest BCUT2D eigenvalue weighted by Gasteiger charge is 2.47. The predicted molar refractivity (Wildman–Crippen MR) is 98.2 cm³/mol. The largest absolute Gasteiger partial charge is 0.300 e. The fraction of sp³-hybridized carbons (Fsp3) is 0.263. The monoisotopic (exact) mass is 403 g/mol. The molecule has 2 heterocycles. The molecule has 144 valence electrons. The van der Waals surface area contributed by atoms with Crippen LogP contribution < -0.4 is 5.32 Å². The number of nitrogens with zero attached hydrogens (tertiary/aromatic N) is 2. The average Bonchev–Trinajstić information content (AvgIpc) is 3.23. The molecule has 1 N–H and O–H groups in total. The van der Waals surface area contributed by atoms with Crippen LogP contribution in [0.1, 0.15) is 12.8 Å². The summed E-state index contributed by atoms with van der Waals surface area (Å²) in [6.45, 7) is -0.395. The van der Waals surface area contributed by atoms with E-state index in [2.05, 4.69) is 10.3 Å². The van der Waals surface area contributed by atoms with Crippen molar-refractivity contribution in [1.29, 1.82) is 0 Å². The molecule has 1 aliphatic carbocycles. The second-order valence-electron chi connectivity index (χ2n) is 6.63.